The molecule has 2 aromatic rings. The van der Waals surface area contributed by atoms with Crippen molar-refractivity contribution >= 4 is 40.3 Å². The van der Waals surface area contributed by atoms with Gasteiger partial charge in [0.25, 0.3) is 0 Å². The Kier molecular flexibility index (Phi) is 4.66. The molecule has 0 amide bonds. The molecule has 0 aliphatic heterocycles. The lowest BCUT2D eigenvalue weighted by Gasteiger charge is -2.09. The first-order chi connectivity index (χ1) is 9.58. The molecule has 0 bridgehead atoms. The van der Waals surface area contributed by atoms with Gasteiger partial charge in [0, 0.05) is 0 Å². The third kappa shape index (κ3) is 2.80. The van der Waals surface area contributed by atoms with Gasteiger partial charge in [0.15, 0.2) is 5.78 Å². The molecule has 1 unspecified atom stereocenters. The van der Waals surface area contributed by atoms with Gasteiger partial charge in [-0.3, -0.25) is 4.79 Å². The first kappa shape index (κ1) is 14.9. The SMILES string of the molecule is COc1ccsc1C(=O)C(C#N)c1ccc(Cl)c(Cl)c1. The summed E-state index contributed by atoms with van der Waals surface area (Å²) in [5.41, 5.74) is 0.516. The van der Waals surface area contributed by atoms with Crippen molar-refractivity contribution < 1.29 is 9.53 Å². The van der Waals surface area contributed by atoms with E-state index in [1.54, 1.807) is 23.6 Å². The Labute approximate surface area is 130 Å². The van der Waals surface area contributed by atoms with E-state index in [2.05, 4.69) is 0 Å². The molecule has 3 nitrogen and oxygen atoms in total. The summed E-state index contributed by atoms with van der Waals surface area (Å²) in [5.74, 6) is -0.768. The van der Waals surface area contributed by atoms with Crippen LogP contribution in [0.2, 0.25) is 10.0 Å². The highest BCUT2D eigenvalue weighted by Gasteiger charge is 2.26. The van der Waals surface area contributed by atoms with Gasteiger partial charge in [-0.1, -0.05) is 29.3 Å². The van der Waals surface area contributed by atoms with Crippen LogP contribution in [0.3, 0.4) is 0 Å². The van der Waals surface area contributed by atoms with E-state index < -0.39 is 5.92 Å². The van der Waals surface area contributed by atoms with Crippen LogP contribution in [0.25, 0.3) is 0 Å². The van der Waals surface area contributed by atoms with E-state index in [4.69, 9.17) is 27.9 Å². The molecule has 0 saturated carbocycles. The Morgan fingerprint density at radius 3 is 2.70 bits per heavy atom. The lowest BCUT2D eigenvalue weighted by molar-refractivity contribution is 0.0980. The molecule has 1 aromatic carbocycles. The van der Waals surface area contributed by atoms with Gasteiger partial charge in [-0.25, -0.2) is 0 Å². The number of halogens is 2. The molecular formula is C14H9Cl2NO2S. The number of nitriles is 1. The summed E-state index contributed by atoms with van der Waals surface area (Å²) in [6.07, 6.45) is 0. The molecule has 1 aromatic heterocycles. The van der Waals surface area contributed by atoms with E-state index in [1.807, 2.05) is 6.07 Å². The van der Waals surface area contributed by atoms with Crippen LogP contribution in [0.5, 0.6) is 5.75 Å². The van der Waals surface area contributed by atoms with Gasteiger partial charge < -0.3 is 4.74 Å². The van der Waals surface area contributed by atoms with Gasteiger partial charge in [0.05, 0.1) is 23.2 Å². The largest absolute Gasteiger partial charge is 0.495 e. The number of methoxy groups -OCH3 is 1. The Balaban J connectivity index is 2.40. The van der Waals surface area contributed by atoms with Crippen LogP contribution in [0, 0.1) is 11.3 Å². The van der Waals surface area contributed by atoms with Crippen molar-refractivity contribution in [3.63, 3.8) is 0 Å². The number of nitrogens with zero attached hydrogens (tertiary/aromatic N) is 1. The predicted molar refractivity (Wildman–Crippen MR) is 80.0 cm³/mol. The van der Waals surface area contributed by atoms with Crippen molar-refractivity contribution in [3.8, 4) is 11.8 Å². The van der Waals surface area contributed by atoms with Gasteiger partial charge in [-0.05, 0) is 29.1 Å². The fraction of sp³-hybridized carbons (Fsp3) is 0.143. The van der Waals surface area contributed by atoms with Crippen LogP contribution in [0.4, 0.5) is 0 Å². The molecule has 0 radical (unpaired) electrons. The van der Waals surface area contributed by atoms with Crippen molar-refractivity contribution in [2.45, 2.75) is 5.92 Å². The normalized spacial score (nSPS) is 11.7. The first-order valence-corrected chi connectivity index (χ1v) is 7.22. The van der Waals surface area contributed by atoms with Crippen molar-refractivity contribution in [2.75, 3.05) is 7.11 Å². The average Bonchev–Trinajstić information content (AvgIpc) is 2.91. The first-order valence-electron chi connectivity index (χ1n) is 5.58. The standard InChI is InChI=1S/C14H9Cl2NO2S/c1-19-12-4-5-20-14(12)13(18)9(7-17)8-2-3-10(15)11(16)6-8/h2-6,9H,1H3. The second-order valence-corrected chi connectivity index (χ2v) is 5.65. The predicted octanol–water partition coefficient (Wildman–Crippen LogP) is 4.55. The monoisotopic (exact) mass is 325 g/mol. The maximum atomic E-state index is 12.4. The van der Waals surface area contributed by atoms with Crippen LogP contribution in [0.1, 0.15) is 21.2 Å². The number of Topliss-reactive ketones (excluding diaryl/α,β-unsaturated/α-hetero) is 1. The molecule has 0 fully saturated rings. The maximum absolute atomic E-state index is 12.4. The Hall–Kier alpha value is -1.54. The number of thiophene rings is 1. The highest BCUT2D eigenvalue weighted by Crippen LogP contribution is 2.32. The van der Waals surface area contributed by atoms with Crippen molar-refractivity contribution in [1.82, 2.24) is 0 Å². The number of ketones is 1. The maximum Gasteiger partial charge on any atom is 0.198 e. The zero-order chi connectivity index (χ0) is 14.7. The minimum atomic E-state index is -0.933. The van der Waals surface area contributed by atoms with Gasteiger partial charge in [0.1, 0.15) is 16.5 Å². The zero-order valence-corrected chi connectivity index (χ0v) is 12.7. The van der Waals surface area contributed by atoms with E-state index in [-0.39, 0.29) is 5.78 Å². The molecule has 0 aliphatic rings. The fourth-order valence-electron chi connectivity index (χ4n) is 1.75. The van der Waals surface area contributed by atoms with Crippen molar-refractivity contribution in [2.24, 2.45) is 0 Å². The van der Waals surface area contributed by atoms with Crippen LogP contribution < -0.4 is 4.74 Å². The third-order valence-corrected chi connectivity index (χ3v) is 4.39. The molecule has 1 atom stereocenters. The highest BCUT2D eigenvalue weighted by atomic mass is 35.5. The minimum absolute atomic E-state index is 0.308. The molecule has 6 heteroatoms. The average molecular weight is 326 g/mol. The molecule has 20 heavy (non-hydrogen) atoms. The smallest absolute Gasteiger partial charge is 0.198 e. The highest BCUT2D eigenvalue weighted by molar-refractivity contribution is 7.12. The Morgan fingerprint density at radius 2 is 2.10 bits per heavy atom. The molecular weight excluding hydrogens is 317 g/mol. The van der Waals surface area contributed by atoms with E-state index in [0.29, 0.717) is 26.2 Å². The summed E-state index contributed by atoms with van der Waals surface area (Å²) in [4.78, 5) is 12.9. The molecule has 2 rings (SSSR count). The van der Waals surface area contributed by atoms with E-state index in [1.165, 1.54) is 24.5 Å². The molecule has 0 spiro atoms. The number of carbonyl (C=O) groups is 1. The van der Waals surface area contributed by atoms with Gasteiger partial charge in [-0.15, -0.1) is 11.3 Å². The molecule has 102 valence electrons. The summed E-state index contributed by atoms with van der Waals surface area (Å²) < 4.78 is 5.11. The molecule has 0 aliphatic carbocycles. The summed E-state index contributed by atoms with van der Waals surface area (Å²) in [7, 11) is 1.49. The zero-order valence-electron chi connectivity index (χ0n) is 10.4. The lowest BCUT2D eigenvalue weighted by atomic mass is 9.95. The number of hydrogen-bond donors (Lipinski definition) is 0. The number of hydrogen-bond acceptors (Lipinski definition) is 4. The van der Waals surface area contributed by atoms with Gasteiger partial charge in [0.2, 0.25) is 0 Å². The van der Waals surface area contributed by atoms with E-state index in [9.17, 15) is 10.1 Å². The van der Waals surface area contributed by atoms with E-state index >= 15 is 0 Å². The topological polar surface area (TPSA) is 50.1 Å². The number of ether oxygens (including phenoxy) is 1. The van der Waals surface area contributed by atoms with Crippen LogP contribution in [0.15, 0.2) is 29.6 Å². The third-order valence-electron chi connectivity index (χ3n) is 2.74. The minimum Gasteiger partial charge on any atom is -0.495 e. The second kappa shape index (κ2) is 6.27. The van der Waals surface area contributed by atoms with Crippen molar-refractivity contribution in [1.29, 1.82) is 5.26 Å². The van der Waals surface area contributed by atoms with Crippen molar-refractivity contribution in [3.05, 3.63) is 50.1 Å². The second-order valence-electron chi connectivity index (χ2n) is 3.92. The van der Waals surface area contributed by atoms with E-state index in [0.717, 1.165) is 0 Å². The summed E-state index contributed by atoms with van der Waals surface area (Å²) in [6.45, 7) is 0. The number of rotatable bonds is 4. The van der Waals surface area contributed by atoms with Crippen LogP contribution in [-0.4, -0.2) is 12.9 Å². The molecule has 0 N–H and O–H groups in total. The van der Waals surface area contributed by atoms with Crippen LogP contribution in [-0.2, 0) is 0 Å². The summed E-state index contributed by atoms with van der Waals surface area (Å²) >= 11 is 13.0. The Bertz CT molecular complexity index is 691. The summed E-state index contributed by atoms with van der Waals surface area (Å²) in [6, 6.07) is 8.43. The Morgan fingerprint density at radius 1 is 1.35 bits per heavy atom. The molecule has 1 heterocycles. The quantitative estimate of drug-likeness (QED) is 0.774. The van der Waals surface area contributed by atoms with Gasteiger partial charge in [-0.2, -0.15) is 5.26 Å². The number of benzene rings is 1. The molecule has 0 saturated heterocycles. The lowest BCUT2D eigenvalue weighted by Crippen LogP contribution is -2.10. The summed E-state index contributed by atoms with van der Waals surface area (Å²) in [5, 5.41) is 11.7. The number of carbonyl (C=O) groups excluding carboxylic acids is 1. The fourth-order valence-corrected chi connectivity index (χ4v) is 2.88. The van der Waals surface area contributed by atoms with Gasteiger partial charge >= 0.3 is 0 Å². The van der Waals surface area contributed by atoms with Crippen LogP contribution >= 0.6 is 34.5 Å².